The van der Waals surface area contributed by atoms with Crippen molar-refractivity contribution in [2.24, 2.45) is 16.6 Å². The standard InChI is InChI=1S/C15H25N7O6S.C2HF3O2/c1-21(2)29(26,27)28-12-7-5-11(6-8-12)10-19-13(14(16)23)4-3-9-18-15(17)20-22(24)25;3-2(4,5)1(6)7/h5-8,13,19H,3-4,9-10H2,1-2H3,(H2,16,23)(H3,17,18,20);(H,6,7)/t13-;/m1./s1. The van der Waals surface area contributed by atoms with Gasteiger partial charge < -0.3 is 31.4 Å². The van der Waals surface area contributed by atoms with Gasteiger partial charge in [-0.1, -0.05) is 12.1 Å². The second kappa shape index (κ2) is 14.6. The van der Waals surface area contributed by atoms with E-state index in [9.17, 15) is 36.5 Å². The normalized spacial score (nSPS) is 12.8. The molecule has 1 rings (SSSR count). The predicted molar refractivity (Wildman–Crippen MR) is 119 cm³/mol. The maximum absolute atomic E-state index is 11.7. The minimum absolute atomic E-state index is 0.161. The van der Waals surface area contributed by atoms with Crippen molar-refractivity contribution < 1.29 is 45.5 Å². The van der Waals surface area contributed by atoms with Gasteiger partial charge in [0.05, 0.1) is 6.04 Å². The fraction of sp³-hybridized carbons (Fsp3) is 0.471. The molecule has 0 bridgehead atoms. The van der Waals surface area contributed by atoms with Crippen molar-refractivity contribution in [3.8, 4) is 5.75 Å². The molecule has 0 aliphatic rings. The Bertz CT molecular complexity index is 1020. The van der Waals surface area contributed by atoms with Crippen LogP contribution in [0.25, 0.3) is 0 Å². The summed E-state index contributed by atoms with van der Waals surface area (Å²) in [5, 5.41) is 24.8. The number of hydrogen-bond donors (Lipinski definition) is 5. The number of carbonyl (C=O) groups excluding carboxylic acids is 1. The molecule has 0 aliphatic carbocycles. The maximum Gasteiger partial charge on any atom is 0.490 e. The summed E-state index contributed by atoms with van der Waals surface area (Å²) in [4.78, 5) is 30.6. The van der Waals surface area contributed by atoms with E-state index < -0.39 is 39.4 Å². The van der Waals surface area contributed by atoms with Crippen LogP contribution in [0, 0.1) is 10.1 Å². The molecule has 19 heteroatoms. The number of benzene rings is 1. The summed E-state index contributed by atoms with van der Waals surface area (Å²) < 4.78 is 61.0. The van der Waals surface area contributed by atoms with Crippen LogP contribution in [-0.4, -0.2) is 73.6 Å². The average Bonchev–Trinajstić information content (AvgIpc) is 2.73. The topological polar surface area (TPSA) is 233 Å². The molecule has 0 fully saturated rings. The highest BCUT2D eigenvalue weighted by atomic mass is 32.2. The zero-order valence-electron chi connectivity index (χ0n) is 19.1. The molecular formula is C17H26F3N7O8S. The molecule has 1 atom stereocenters. The van der Waals surface area contributed by atoms with Crippen molar-refractivity contribution in [3.63, 3.8) is 0 Å². The summed E-state index contributed by atoms with van der Waals surface area (Å²) >= 11 is 0. The SMILES string of the molecule is CN(C)S(=O)(=O)Oc1ccc(CN[C@H](CCCNC(N)=N[N+](=O)[O-])C(N)=O)cc1.O=C(O)C(F)(F)F. The Hall–Kier alpha value is -3.71. The fourth-order valence-corrected chi connectivity index (χ4v) is 2.59. The zero-order valence-corrected chi connectivity index (χ0v) is 19.9. The van der Waals surface area contributed by atoms with Crippen molar-refractivity contribution in [2.75, 3.05) is 20.6 Å². The van der Waals surface area contributed by atoms with Gasteiger partial charge >= 0.3 is 22.4 Å². The van der Waals surface area contributed by atoms with Gasteiger partial charge in [-0.3, -0.25) is 4.79 Å². The average molecular weight is 545 g/mol. The van der Waals surface area contributed by atoms with Gasteiger partial charge in [0.1, 0.15) is 10.9 Å². The van der Waals surface area contributed by atoms with Crippen LogP contribution < -0.4 is 26.3 Å². The second-order valence-corrected chi connectivity index (χ2v) is 8.65. The lowest BCUT2D eigenvalue weighted by Crippen LogP contribution is -2.41. The van der Waals surface area contributed by atoms with E-state index in [1.807, 2.05) is 0 Å². The fourth-order valence-electron chi connectivity index (χ4n) is 2.09. The Morgan fingerprint density at radius 1 is 1.25 bits per heavy atom. The number of alkyl halides is 3. The summed E-state index contributed by atoms with van der Waals surface area (Å²) in [6, 6.07) is 5.68. The Labute approximate surface area is 203 Å². The zero-order chi connectivity index (χ0) is 28.1. The molecule has 0 aliphatic heterocycles. The molecule has 0 radical (unpaired) electrons. The molecule has 7 N–H and O–H groups in total. The molecule has 0 spiro atoms. The minimum Gasteiger partial charge on any atom is -0.475 e. The van der Waals surface area contributed by atoms with Gasteiger partial charge in [-0.25, -0.2) is 14.9 Å². The number of primary amides is 1. The largest absolute Gasteiger partial charge is 0.490 e. The summed E-state index contributed by atoms with van der Waals surface area (Å²) in [6.45, 7) is 0.591. The minimum atomic E-state index is -5.08. The van der Waals surface area contributed by atoms with E-state index in [0.29, 0.717) is 19.4 Å². The number of carbonyl (C=O) groups is 2. The number of rotatable bonds is 12. The monoisotopic (exact) mass is 545 g/mol. The predicted octanol–water partition coefficient (Wildman–Crippen LogP) is -0.675. The van der Waals surface area contributed by atoms with Crippen molar-refractivity contribution in [1.29, 1.82) is 0 Å². The van der Waals surface area contributed by atoms with Gasteiger partial charge in [0.15, 0.2) is 5.03 Å². The molecule has 1 aromatic carbocycles. The van der Waals surface area contributed by atoms with Crippen molar-refractivity contribution in [3.05, 3.63) is 39.9 Å². The van der Waals surface area contributed by atoms with Crippen LogP contribution >= 0.6 is 0 Å². The Balaban J connectivity index is 0.00000152. The first-order valence-corrected chi connectivity index (χ1v) is 11.1. The number of hydrogen-bond acceptors (Lipinski definition) is 8. The van der Waals surface area contributed by atoms with E-state index in [0.717, 1.165) is 9.87 Å². The number of hydrazone groups is 1. The quantitative estimate of drug-likeness (QED) is 0.0726. The van der Waals surface area contributed by atoms with Gasteiger partial charge in [-0.15, -0.1) is 0 Å². The van der Waals surface area contributed by atoms with Crippen LogP contribution in [0.1, 0.15) is 18.4 Å². The molecule has 1 amide bonds. The highest BCUT2D eigenvalue weighted by molar-refractivity contribution is 7.84. The lowest BCUT2D eigenvalue weighted by atomic mass is 10.1. The number of carboxylic acids is 1. The molecule has 0 saturated heterocycles. The Morgan fingerprint density at radius 3 is 2.19 bits per heavy atom. The first kappa shape index (κ1) is 32.3. The van der Waals surface area contributed by atoms with Gasteiger partial charge in [0.25, 0.3) is 5.96 Å². The lowest BCUT2D eigenvalue weighted by molar-refractivity contribution is -0.485. The molecule has 1 aromatic rings. The first-order chi connectivity index (χ1) is 16.5. The number of guanidine groups is 1. The third kappa shape index (κ3) is 13.9. The third-order valence-corrected chi connectivity index (χ3v) is 5.17. The molecule has 0 aromatic heterocycles. The number of nitro groups is 1. The van der Waals surface area contributed by atoms with Crippen LogP contribution in [-0.2, 0) is 26.4 Å². The molecule has 0 heterocycles. The smallest absolute Gasteiger partial charge is 0.475 e. The van der Waals surface area contributed by atoms with Crippen molar-refractivity contribution >= 4 is 28.1 Å². The summed E-state index contributed by atoms with van der Waals surface area (Å²) in [6.07, 6.45) is -4.25. The number of aliphatic carboxylic acids is 1. The molecular weight excluding hydrogens is 519 g/mol. The van der Waals surface area contributed by atoms with Gasteiger partial charge in [-0.2, -0.15) is 25.9 Å². The van der Waals surface area contributed by atoms with Crippen LogP contribution in [0.3, 0.4) is 0 Å². The number of halogens is 3. The maximum atomic E-state index is 11.7. The Morgan fingerprint density at radius 2 is 1.78 bits per heavy atom. The molecule has 0 unspecified atom stereocenters. The van der Waals surface area contributed by atoms with Crippen LogP contribution in [0.15, 0.2) is 29.4 Å². The van der Waals surface area contributed by atoms with E-state index in [4.69, 9.17) is 25.6 Å². The van der Waals surface area contributed by atoms with E-state index in [1.54, 1.807) is 12.1 Å². The lowest BCUT2D eigenvalue weighted by Gasteiger charge is -2.16. The van der Waals surface area contributed by atoms with Crippen molar-refractivity contribution in [2.45, 2.75) is 31.6 Å². The van der Waals surface area contributed by atoms with Crippen LogP contribution in [0.5, 0.6) is 5.75 Å². The van der Waals surface area contributed by atoms with Crippen LogP contribution in [0.4, 0.5) is 13.2 Å². The first-order valence-electron chi connectivity index (χ1n) is 9.71. The molecule has 15 nitrogen and oxygen atoms in total. The third-order valence-electron chi connectivity index (χ3n) is 3.88. The number of nitrogens with two attached hydrogens (primary N) is 2. The highest BCUT2D eigenvalue weighted by Crippen LogP contribution is 2.15. The molecule has 204 valence electrons. The summed E-state index contributed by atoms with van der Waals surface area (Å²) in [5.41, 5.74) is 11.5. The number of nitrogens with zero attached hydrogens (tertiary/aromatic N) is 3. The van der Waals surface area contributed by atoms with E-state index >= 15 is 0 Å². The molecule has 0 saturated carbocycles. The number of nitrogens with one attached hydrogen (secondary N) is 2. The van der Waals surface area contributed by atoms with Crippen molar-refractivity contribution in [1.82, 2.24) is 14.9 Å². The van der Waals surface area contributed by atoms with E-state index in [-0.39, 0.29) is 18.3 Å². The number of carboxylic acid groups (broad SMARTS) is 1. The van der Waals surface area contributed by atoms with E-state index in [1.165, 1.54) is 26.2 Å². The van der Waals surface area contributed by atoms with Gasteiger partial charge in [0.2, 0.25) is 5.91 Å². The van der Waals surface area contributed by atoms with Gasteiger partial charge in [0, 0.05) is 27.2 Å². The number of amides is 1. The highest BCUT2D eigenvalue weighted by Gasteiger charge is 2.38. The summed E-state index contributed by atoms with van der Waals surface area (Å²) in [7, 11) is -1.12. The van der Waals surface area contributed by atoms with E-state index in [2.05, 4.69) is 15.7 Å². The Kier molecular flexibility index (Phi) is 13.1. The summed E-state index contributed by atoms with van der Waals surface area (Å²) in [5.74, 6) is -3.47. The second-order valence-electron chi connectivity index (χ2n) is 6.90. The van der Waals surface area contributed by atoms with Crippen LogP contribution in [0.2, 0.25) is 0 Å². The molecule has 36 heavy (non-hydrogen) atoms. The van der Waals surface area contributed by atoms with Gasteiger partial charge in [-0.05, 0) is 30.5 Å².